The number of pyridine rings is 1. The highest BCUT2D eigenvalue weighted by molar-refractivity contribution is 6.14. The van der Waals surface area contributed by atoms with Gasteiger partial charge in [-0.25, -0.2) is 14.2 Å². The number of aryl methyl sites for hydroxylation is 2. The van der Waals surface area contributed by atoms with Crippen LogP contribution in [0.1, 0.15) is 96.2 Å². The van der Waals surface area contributed by atoms with Crippen LogP contribution in [0.5, 0.6) is 0 Å². The number of benzene rings is 2. The zero-order chi connectivity index (χ0) is 51.4. The Kier molecular flexibility index (Phi) is 13.6. The number of aromatic nitrogens is 2. The smallest absolute Gasteiger partial charge is 0.387 e. The molecule has 2 atom stereocenters. The number of nitrogens with zero attached hydrogens (tertiary/aromatic N) is 8. The van der Waals surface area contributed by atoms with E-state index in [0.717, 1.165) is 109 Å². The number of likely N-dealkylation sites (tertiary alicyclic amines) is 1. The SMILES string of the molecule is CNC1=CC(=O)[N+](c2ccnc3c2cc([C@H](C)N2CC=C(c4c(C)cc(C(=O)N5CCC(CN6CCN(Cc7ccc8c(c7)C7(CCOCC7)C(=O)N8C7CCC(=O)NC7=O)CC6)CC5)cc4F)CC2)n3C)=C=C1. The third kappa shape index (κ3) is 9.12. The number of ether oxygens (including phenoxy) is 1. The monoisotopic (exact) mass is 1010 g/mol. The van der Waals surface area contributed by atoms with Crippen molar-refractivity contribution < 1.29 is 37.7 Å². The second-order valence-electron chi connectivity index (χ2n) is 21.3. The van der Waals surface area contributed by atoms with Gasteiger partial charge in [-0.15, -0.1) is 0 Å². The first-order chi connectivity index (χ1) is 35.8. The zero-order valence-electron chi connectivity index (χ0n) is 42.9. The van der Waals surface area contributed by atoms with Gasteiger partial charge in [-0.1, -0.05) is 22.8 Å². The Labute approximate surface area is 431 Å². The number of likely N-dealkylation sites (N-methyl/N-ethyl adjacent to an activating group) is 1. The van der Waals surface area contributed by atoms with Crippen LogP contribution in [0.25, 0.3) is 16.6 Å². The summed E-state index contributed by atoms with van der Waals surface area (Å²) in [6, 6.07) is 12.8. The van der Waals surface area contributed by atoms with Crippen LogP contribution in [-0.2, 0) is 42.9 Å². The Hall–Kier alpha value is -6.62. The molecule has 0 saturated carbocycles. The summed E-state index contributed by atoms with van der Waals surface area (Å²) < 4.78 is 25.5. The zero-order valence-corrected chi connectivity index (χ0v) is 42.9. The molecule has 74 heavy (non-hydrogen) atoms. The maximum Gasteiger partial charge on any atom is 0.429 e. The number of rotatable bonds is 11. The van der Waals surface area contributed by atoms with Gasteiger partial charge >= 0.3 is 5.91 Å². The van der Waals surface area contributed by atoms with Crippen LogP contribution in [0.2, 0.25) is 0 Å². The van der Waals surface area contributed by atoms with Gasteiger partial charge in [-0.2, -0.15) is 0 Å². The summed E-state index contributed by atoms with van der Waals surface area (Å²) in [7, 11) is 3.77. The first kappa shape index (κ1) is 49.6. The van der Waals surface area contributed by atoms with Gasteiger partial charge in [0, 0.05) is 140 Å². The van der Waals surface area contributed by atoms with Crippen LogP contribution >= 0.6 is 0 Å². The van der Waals surface area contributed by atoms with Crippen molar-refractivity contribution >= 4 is 63.4 Å². The number of carbonyl (C=O) groups excluding carboxylic acids is 5. The summed E-state index contributed by atoms with van der Waals surface area (Å²) in [4.78, 5) is 81.6. The molecular weight excluding hydrogens is 940 g/mol. The Morgan fingerprint density at radius 3 is 2.45 bits per heavy atom. The molecule has 0 radical (unpaired) electrons. The molecule has 17 heteroatoms. The molecule has 1 spiro atoms. The van der Waals surface area contributed by atoms with E-state index in [0.29, 0.717) is 81.3 Å². The molecule has 4 aromatic rings. The third-order valence-corrected chi connectivity index (χ3v) is 17.0. The second kappa shape index (κ2) is 20.2. The minimum atomic E-state index is -0.722. The van der Waals surface area contributed by atoms with E-state index in [1.54, 1.807) is 30.3 Å². The van der Waals surface area contributed by atoms with E-state index in [-0.39, 0.29) is 41.9 Å². The molecule has 2 aromatic carbocycles. The Morgan fingerprint density at radius 2 is 1.74 bits per heavy atom. The highest BCUT2D eigenvalue weighted by atomic mass is 19.1. The van der Waals surface area contributed by atoms with Gasteiger partial charge in [0.1, 0.15) is 17.5 Å². The van der Waals surface area contributed by atoms with Crippen molar-refractivity contribution in [2.45, 2.75) is 82.8 Å². The molecule has 4 saturated heterocycles. The van der Waals surface area contributed by atoms with E-state index in [2.05, 4.69) is 72.0 Å². The fourth-order valence-electron chi connectivity index (χ4n) is 12.7. The summed E-state index contributed by atoms with van der Waals surface area (Å²) >= 11 is 0. The molecule has 7 aliphatic rings. The first-order valence-electron chi connectivity index (χ1n) is 26.4. The Balaban J connectivity index is 0.668. The lowest BCUT2D eigenvalue weighted by Crippen LogP contribution is -2.56. The minimum absolute atomic E-state index is 0.0196. The lowest BCUT2D eigenvalue weighted by Gasteiger charge is -2.39. The summed E-state index contributed by atoms with van der Waals surface area (Å²) in [5.41, 5.74) is 8.13. The minimum Gasteiger partial charge on any atom is -0.387 e. The van der Waals surface area contributed by atoms with Crippen LogP contribution in [0.15, 0.2) is 72.6 Å². The van der Waals surface area contributed by atoms with Crippen molar-refractivity contribution in [1.29, 1.82) is 0 Å². The number of anilines is 1. The number of hydrogen-bond acceptors (Lipinski definition) is 11. The summed E-state index contributed by atoms with van der Waals surface area (Å²) in [5, 5.41) is 6.30. The number of piperidine rings is 2. The number of piperazine rings is 1. The standard InChI is InChI=1S/C57H65FN10O6/c1-36-29-41(31-45(58)52(36)40-12-20-65(21-13-40)37(2)49-33-43-46(9-17-60-53(43)62(49)4)67-22-14-42(59-3)32-51(67)70)55(72)66-18-10-38(11-19-66)34-63-23-25-64(26-24-63)35-39-5-6-47-44(30-39)57(15-27-74-28-16-57)56(73)68(47)48-7-8-50(69)61-54(48)71/h5-6,9,12,14,17,29-33,37-38,48H,7-8,10-11,13,15-16,18-21,23-28,34-35H2,1-4H3,(H-,59,61,69,70,71)/p+1/t37-,48?/m0/s1. The van der Waals surface area contributed by atoms with Crippen LogP contribution in [0, 0.1) is 18.7 Å². The fraction of sp³-hybridized carbons (Fsp3) is 0.474. The highest BCUT2D eigenvalue weighted by Gasteiger charge is 2.54. The first-order valence-corrected chi connectivity index (χ1v) is 26.4. The molecule has 2 N–H and O–H groups in total. The number of halogens is 1. The maximum absolute atomic E-state index is 16.2. The topological polar surface area (TPSA) is 156 Å². The maximum atomic E-state index is 16.2. The average molecular weight is 1010 g/mol. The average Bonchev–Trinajstić information content (AvgIpc) is 3.86. The summed E-state index contributed by atoms with van der Waals surface area (Å²) in [5.74, 6) is 2.15. The largest absolute Gasteiger partial charge is 0.429 e. The predicted molar refractivity (Wildman–Crippen MR) is 278 cm³/mol. The molecule has 386 valence electrons. The van der Waals surface area contributed by atoms with Gasteiger partial charge in [0.05, 0.1) is 28.7 Å². The Bertz CT molecular complexity index is 3070. The molecule has 5 amide bonds. The lowest BCUT2D eigenvalue weighted by atomic mass is 9.75. The van der Waals surface area contributed by atoms with Gasteiger partial charge in [0.2, 0.25) is 23.4 Å². The Morgan fingerprint density at radius 1 is 0.973 bits per heavy atom. The number of amides is 5. The number of carbonyl (C=O) groups is 5. The molecule has 9 heterocycles. The van der Waals surface area contributed by atoms with Gasteiger partial charge in [0.25, 0.3) is 5.91 Å². The van der Waals surface area contributed by atoms with E-state index < -0.39 is 17.4 Å². The third-order valence-electron chi connectivity index (χ3n) is 17.0. The highest BCUT2D eigenvalue weighted by Crippen LogP contribution is 2.49. The molecule has 0 aliphatic carbocycles. The number of allylic oxidation sites excluding steroid dienone is 1. The number of fused-ring (bicyclic) bond motifs is 3. The van der Waals surface area contributed by atoms with Gasteiger partial charge < -0.3 is 24.4 Å². The van der Waals surface area contributed by atoms with Crippen LogP contribution in [0.4, 0.5) is 15.8 Å². The number of hydrogen-bond donors (Lipinski definition) is 2. The number of nitrogens with one attached hydrogen (secondary N) is 2. The van der Waals surface area contributed by atoms with E-state index in [1.807, 2.05) is 37.1 Å². The second-order valence-corrected chi connectivity index (χ2v) is 21.3. The fourth-order valence-corrected chi connectivity index (χ4v) is 12.7. The van der Waals surface area contributed by atoms with Crippen LogP contribution in [-0.4, -0.2) is 154 Å². The van der Waals surface area contributed by atoms with Crippen molar-refractivity contribution in [3.63, 3.8) is 0 Å². The van der Waals surface area contributed by atoms with Gasteiger partial charge in [0.15, 0.2) is 5.87 Å². The van der Waals surface area contributed by atoms with Crippen LogP contribution < -0.4 is 15.5 Å². The molecule has 1 unspecified atom stereocenters. The van der Waals surface area contributed by atoms with Crippen molar-refractivity contribution in [3.05, 3.63) is 112 Å². The summed E-state index contributed by atoms with van der Waals surface area (Å²) in [6.45, 7) is 13.2. The molecule has 16 nitrogen and oxygen atoms in total. The van der Waals surface area contributed by atoms with Crippen molar-refractivity contribution in [3.8, 4) is 0 Å². The molecule has 7 aliphatic heterocycles. The molecule has 4 fully saturated rings. The van der Waals surface area contributed by atoms with Crippen molar-refractivity contribution in [2.24, 2.45) is 13.0 Å². The van der Waals surface area contributed by atoms with Gasteiger partial charge in [-0.3, -0.25) is 39.2 Å². The molecular formula is C57H66FN10O6+. The lowest BCUT2D eigenvalue weighted by molar-refractivity contribution is -0.353. The molecule has 2 aromatic heterocycles. The molecule has 11 rings (SSSR count). The normalized spacial score (nSPS) is 22.5. The molecule has 0 bridgehead atoms. The van der Waals surface area contributed by atoms with Crippen LogP contribution in [0.3, 0.4) is 0 Å². The van der Waals surface area contributed by atoms with E-state index in [4.69, 9.17) is 4.74 Å². The van der Waals surface area contributed by atoms with Crippen molar-refractivity contribution in [1.82, 2.24) is 39.8 Å². The summed E-state index contributed by atoms with van der Waals surface area (Å²) in [6.07, 6.45) is 11.3. The van der Waals surface area contributed by atoms with E-state index in [9.17, 15) is 24.0 Å². The number of imide groups is 1. The van der Waals surface area contributed by atoms with Gasteiger partial charge in [-0.05, 0) is 105 Å². The quantitative estimate of drug-likeness (QED) is 0.150. The predicted octanol–water partition coefficient (Wildman–Crippen LogP) is 5.25. The van der Waals surface area contributed by atoms with Crippen molar-refractivity contribution in [2.75, 3.05) is 84.1 Å². The van der Waals surface area contributed by atoms with E-state index in [1.165, 1.54) is 10.6 Å². The van der Waals surface area contributed by atoms with E-state index >= 15 is 4.39 Å².